The van der Waals surface area contributed by atoms with Gasteiger partial charge in [0.05, 0.1) is 0 Å². The summed E-state index contributed by atoms with van der Waals surface area (Å²) in [6, 6.07) is 0. The first kappa shape index (κ1) is 18.4. The van der Waals surface area contributed by atoms with Crippen LogP contribution in [0.5, 0.6) is 0 Å². The van der Waals surface area contributed by atoms with Crippen LogP contribution in [0.4, 0.5) is 0 Å². The summed E-state index contributed by atoms with van der Waals surface area (Å²) in [5, 5.41) is 0. The third-order valence-electron chi connectivity index (χ3n) is 8.90. The SMILES string of the molecule is COCCC[C@@]1(C)C(C)CC[C@H]2[C@@H]3CC[C@H](C(C)=O)[C@@]3(C)CC[C@@H]21. The first-order chi connectivity index (χ1) is 11.3. The van der Waals surface area contributed by atoms with Gasteiger partial charge in [-0.3, -0.25) is 4.79 Å². The Kier molecular flexibility index (Phi) is 5.17. The molecule has 0 spiro atoms. The Morgan fingerprint density at radius 1 is 1.08 bits per heavy atom. The van der Waals surface area contributed by atoms with Crippen molar-refractivity contribution in [3.63, 3.8) is 0 Å². The van der Waals surface area contributed by atoms with Crippen LogP contribution >= 0.6 is 0 Å². The standard InChI is InChI=1S/C22H38O2/c1-15-7-8-17-19-10-9-18(16(2)23)22(19,4)13-11-20(17)21(15,3)12-6-14-24-5/h15,17-20H,6-14H2,1-5H3/t15?,17-,18+,19-,20-,21-,22+/m0/s1. The molecule has 138 valence electrons. The molecule has 0 saturated heterocycles. The van der Waals surface area contributed by atoms with Crippen molar-refractivity contribution in [2.75, 3.05) is 13.7 Å². The van der Waals surface area contributed by atoms with E-state index in [1.807, 2.05) is 14.0 Å². The lowest BCUT2D eigenvalue weighted by molar-refractivity contribution is -0.131. The molecule has 0 bridgehead atoms. The van der Waals surface area contributed by atoms with Gasteiger partial charge in [0.1, 0.15) is 5.78 Å². The Hall–Kier alpha value is -0.370. The maximum Gasteiger partial charge on any atom is 0.133 e. The van der Waals surface area contributed by atoms with Crippen molar-refractivity contribution in [1.29, 1.82) is 0 Å². The second-order valence-electron chi connectivity index (χ2n) is 9.74. The minimum Gasteiger partial charge on any atom is -0.385 e. The first-order valence-corrected chi connectivity index (χ1v) is 10.3. The summed E-state index contributed by atoms with van der Waals surface area (Å²) in [6.45, 7) is 10.2. The Morgan fingerprint density at radius 3 is 2.50 bits per heavy atom. The average molecular weight is 335 g/mol. The lowest BCUT2D eigenvalue weighted by Crippen LogP contribution is -2.51. The van der Waals surface area contributed by atoms with Gasteiger partial charge >= 0.3 is 0 Å². The minimum atomic E-state index is 0.293. The average Bonchev–Trinajstić information content (AvgIpc) is 2.89. The Balaban J connectivity index is 1.82. The first-order valence-electron chi connectivity index (χ1n) is 10.3. The van der Waals surface area contributed by atoms with Crippen molar-refractivity contribution in [2.45, 2.75) is 79.1 Å². The second kappa shape index (κ2) is 6.74. The van der Waals surface area contributed by atoms with Crippen LogP contribution in [0.25, 0.3) is 0 Å². The van der Waals surface area contributed by atoms with Gasteiger partial charge in [-0.05, 0) is 92.8 Å². The van der Waals surface area contributed by atoms with E-state index in [1.54, 1.807) is 0 Å². The molecular formula is C22H38O2. The Morgan fingerprint density at radius 2 is 1.83 bits per heavy atom. The molecule has 3 saturated carbocycles. The van der Waals surface area contributed by atoms with E-state index in [1.165, 1.54) is 44.9 Å². The number of ketones is 1. The van der Waals surface area contributed by atoms with Gasteiger partial charge in [-0.2, -0.15) is 0 Å². The van der Waals surface area contributed by atoms with Crippen molar-refractivity contribution in [3.05, 3.63) is 0 Å². The molecule has 0 aromatic heterocycles. The molecule has 3 fully saturated rings. The smallest absolute Gasteiger partial charge is 0.133 e. The highest BCUT2D eigenvalue weighted by Gasteiger charge is 2.59. The number of rotatable bonds is 5. The fraction of sp³-hybridized carbons (Fsp3) is 0.955. The van der Waals surface area contributed by atoms with Crippen molar-refractivity contribution >= 4 is 5.78 Å². The van der Waals surface area contributed by atoms with Crippen molar-refractivity contribution < 1.29 is 9.53 Å². The maximum atomic E-state index is 12.2. The molecule has 0 aliphatic heterocycles. The molecule has 0 aromatic carbocycles. The molecule has 0 aromatic rings. The quantitative estimate of drug-likeness (QED) is 0.621. The van der Waals surface area contributed by atoms with Crippen LogP contribution in [0.1, 0.15) is 79.1 Å². The summed E-state index contributed by atoms with van der Waals surface area (Å²) >= 11 is 0. The largest absolute Gasteiger partial charge is 0.385 e. The number of carbonyl (C=O) groups excluding carboxylic acids is 1. The molecule has 1 unspecified atom stereocenters. The van der Waals surface area contributed by atoms with E-state index in [0.717, 1.165) is 36.7 Å². The number of hydrogen-bond acceptors (Lipinski definition) is 2. The van der Waals surface area contributed by atoms with Gasteiger partial charge in [0, 0.05) is 19.6 Å². The van der Waals surface area contributed by atoms with Gasteiger partial charge in [0.15, 0.2) is 0 Å². The second-order valence-corrected chi connectivity index (χ2v) is 9.74. The molecule has 7 atom stereocenters. The zero-order chi connectivity index (χ0) is 17.5. The third kappa shape index (κ3) is 2.77. The van der Waals surface area contributed by atoms with Crippen LogP contribution in [0.2, 0.25) is 0 Å². The van der Waals surface area contributed by atoms with E-state index in [-0.39, 0.29) is 0 Å². The normalized spacial score (nSPS) is 48.0. The van der Waals surface area contributed by atoms with Crippen molar-refractivity contribution in [3.8, 4) is 0 Å². The van der Waals surface area contributed by atoms with Crippen LogP contribution in [-0.2, 0) is 9.53 Å². The molecule has 0 radical (unpaired) electrons. The van der Waals surface area contributed by atoms with E-state index in [9.17, 15) is 4.79 Å². The van der Waals surface area contributed by atoms with Crippen LogP contribution in [0, 0.1) is 40.4 Å². The number of fused-ring (bicyclic) bond motifs is 3. The highest BCUT2D eigenvalue weighted by atomic mass is 16.5. The van der Waals surface area contributed by atoms with Gasteiger partial charge in [-0.1, -0.05) is 20.8 Å². The van der Waals surface area contributed by atoms with E-state index >= 15 is 0 Å². The number of ether oxygens (including phenoxy) is 1. The molecule has 0 heterocycles. The number of methoxy groups -OCH3 is 1. The lowest BCUT2D eigenvalue weighted by atomic mass is 9.46. The Bertz CT molecular complexity index is 473. The summed E-state index contributed by atoms with van der Waals surface area (Å²) in [7, 11) is 1.82. The fourth-order valence-corrected chi connectivity index (χ4v) is 7.34. The summed E-state index contributed by atoms with van der Waals surface area (Å²) in [5.74, 6) is 4.12. The molecular weight excluding hydrogens is 296 g/mol. The maximum absolute atomic E-state index is 12.2. The van der Waals surface area contributed by atoms with E-state index < -0.39 is 0 Å². The monoisotopic (exact) mass is 334 g/mol. The Labute approximate surface area is 149 Å². The molecule has 0 amide bonds. The zero-order valence-electron chi connectivity index (χ0n) is 16.6. The van der Waals surface area contributed by atoms with Crippen LogP contribution in [0.3, 0.4) is 0 Å². The van der Waals surface area contributed by atoms with Crippen molar-refractivity contribution in [2.24, 2.45) is 40.4 Å². The summed E-state index contributed by atoms with van der Waals surface area (Å²) < 4.78 is 5.34. The highest BCUT2D eigenvalue weighted by molar-refractivity contribution is 5.79. The van der Waals surface area contributed by atoms with E-state index in [4.69, 9.17) is 4.74 Å². The summed E-state index contributed by atoms with van der Waals surface area (Å²) in [4.78, 5) is 12.2. The molecule has 24 heavy (non-hydrogen) atoms. The number of Topliss-reactive ketones (excluding diaryl/α,β-unsaturated/α-hetero) is 1. The van der Waals surface area contributed by atoms with Gasteiger partial charge in [-0.15, -0.1) is 0 Å². The van der Waals surface area contributed by atoms with Crippen LogP contribution < -0.4 is 0 Å². The van der Waals surface area contributed by atoms with Crippen LogP contribution in [-0.4, -0.2) is 19.5 Å². The number of carbonyl (C=O) groups is 1. The van der Waals surface area contributed by atoms with Gasteiger partial charge in [0.2, 0.25) is 0 Å². The van der Waals surface area contributed by atoms with Gasteiger partial charge in [0.25, 0.3) is 0 Å². The zero-order valence-corrected chi connectivity index (χ0v) is 16.6. The number of hydrogen-bond donors (Lipinski definition) is 0. The summed E-state index contributed by atoms with van der Waals surface area (Å²) in [5.41, 5.74) is 0.762. The molecule has 3 aliphatic rings. The van der Waals surface area contributed by atoms with Gasteiger partial charge in [-0.25, -0.2) is 0 Å². The topological polar surface area (TPSA) is 26.3 Å². The van der Waals surface area contributed by atoms with Crippen LogP contribution in [0.15, 0.2) is 0 Å². The molecule has 3 rings (SSSR count). The molecule has 2 heteroatoms. The highest BCUT2D eigenvalue weighted by Crippen LogP contribution is 2.66. The van der Waals surface area contributed by atoms with E-state index in [0.29, 0.717) is 22.5 Å². The van der Waals surface area contributed by atoms with Crippen molar-refractivity contribution in [1.82, 2.24) is 0 Å². The fourth-order valence-electron chi connectivity index (χ4n) is 7.34. The molecule has 2 nitrogen and oxygen atoms in total. The predicted molar refractivity (Wildman–Crippen MR) is 98.8 cm³/mol. The minimum absolute atomic E-state index is 0.293. The van der Waals surface area contributed by atoms with E-state index in [2.05, 4.69) is 20.8 Å². The van der Waals surface area contributed by atoms with Gasteiger partial charge < -0.3 is 4.74 Å². The predicted octanol–water partition coefficient (Wildman–Crippen LogP) is 5.50. The lowest BCUT2D eigenvalue weighted by Gasteiger charge is -2.58. The molecule has 3 aliphatic carbocycles. The summed E-state index contributed by atoms with van der Waals surface area (Å²) in [6.07, 6.45) is 10.3. The molecule has 0 N–H and O–H groups in total. The third-order valence-corrected chi connectivity index (χ3v) is 8.90.